The SMILES string of the molecule is CCCOc1cccnc1N1CCC(CBr)C1. The van der Waals surface area contributed by atoms with E-state index in [1.54, 1.807) is 0 Å². The van der Waals surface area contributed by atoms with Crippen LogP contribution < -0.4 is 9.64 Å². The van der Waals surface area contributed by atoms with E-state index in [-0.39, 0.29) is 0 Å². The predicted octanol–water partition coefficient (Wildman–Crippen LogP) is 3.09. The van der Waals surface area contributed by atoms with E-state index in [1.807, 2.05) is 18.3 Å². The molecular weight excluding hydrogens is 280 g/mol. The van der Waals surface area contributed by atoms with E-state index in [1.165, 1.54) is 6.42 Å². The van der Waals surface area contributed by atoms with E-state index < -0.39 is 0 Å². The number of pyridine rings is 1. The Balaban J connectivity index is 2.09. The molecule has 1 aliphatic rings. The predicted molar refractivity (Wildman–Crippen MR) is 74.1 cm³/mol. The highest BCUT2D eigenvalue weighted by molar-refractivity contribution is 9.09. The normalized spacial score (nSPS) is 19.6. The molecule has 1 aromatic rings. The average Bonchev–Trinajstić information content (AvgIpc) is 2.85. The molecule has 0 aliphatic carbocycles. The number of halogens is 1. The second-order valence-electron chi connectivity index (χ2n) is 4.43. The third-order valence-corrected chi connectivity index (χ3v) is 3.93. The summed E-state index contributed by atoms with van der Waals surface area (Å²) in [7, 11) is 0. The molecule has 17 heavy (non-hydrogen) atoms. The first kappa shape index (κ1) is 12.7. The number of anilines is 1. The molecule has 1 aromatic heterocycles. The van der Waals surface area contributed by atoms with Crippen molar-refractivity contribution in [2.24, 2.45) is 5.92 Å². The molecule has 94 valence electrons. The van der Waals surface area contributed by atoms with Crippen molar-refractivity contribution in [3.05, 3.63) is 18.3 Å². The summed E-state index contributed by atoms with van der Waals surface area (Å²) in [6.07, 6.45) is 4.10. The highest BCUT2D eigenvalue weighted by Crippen LogP contribution is 2.30. The highest BCUT2D eigenvalue weighted by Gasteiger charge is 2.24. The number of hydrogen-bond acceptors (Lipinski definition) is 3. The zero-order chi connectivity index (χ0) is 12.1. The molecule has 0 N–H and O–H groups in total. The zero-order valence-corrected chi connectivity index (χ0v) is 11.8. The summed E-state index contributed by atoms with van der Waals surface area (Å²) in [4.78, 5) is 6.80. The van der Waals surface area contributed by atoms with Gasteiger partial charge in [0.05, 0.1) is 6.61 Å². The van der Waals surface area contributed by atoms with Crippen LogP contribution in [0, 0.1) is 5.92 Å². The van der Waals surface area contributed by atoms with Crippen LogP contribution in [-0.2, 0) is 0 Å². The zero-order valence-electron chi connectivity index (χ0n) is 10.2. The smallest absolute Gasteiger partial charge is 0.171 e. The van der Waals surface area contributed by atoms with Crippen molar-refractivity contribution in [3.8, 4) is 5.75 Å². The largest absolute Gasteiger partial charge is 0.490 e. The van der Waals surface area contributed by atoms with Crippen LogP contribution in [0.15, 0.2) is 18.3 Å². The van der Waals surface area contributed by atoms with E-state index in [4.69, 9.17) is 4.74 Å². The van der Waals surface area contributed by atoms with Crippen LogP contribution in [-0.4, -0.2) is 30.0 Å². The molecule has 1 aliphatic heterocycles. The molecule has 1 atom stereocenters. The van der Waals surface area contributed by atoms with Crippen LogP contribution in [0.2, 0.25) is 0 Å². The van der Waals surface area contributed by atoms with Gasteiger partial charge in [0.25, 0.3) is 0 Å². The van der Waals surface area contributed by atoms with Crippen LogP contribution in [0.25, 0.3) is 0 Å². The molecule has 0 spiro atoms. The lowest BCUT2D eigenvalue weighted by Crippen LogP contribution is -2.22. The van der Waals surface area contributed by atoms with Crippen LogP contribution in [0.4, 0.5) is 5.82 Å². The Bertz CT molecular complexity index is 359. The Kier molecular flexibility index (Phi) is 4.66. The molecule has 1 fully saturated rings. The molecule has 0 saturated carbocycles. The maximum Gasteiger partial charge on any atom is 0.171 e. The summed E-state index contributed by atoms with van der Waals surface area (Å²) in [6.45, 7) is 5.03. The minimum atomic E-state index is 0.732. The van der Waals surface area contributed by atoms with Crippen LogP contribution in [0.1, 0.15) is 19.8 Å². The van der Waals surface area contributed by atoms with Crippen molar-refractivity contribution in [2.75, 3.05) is 29.9 Å². The van der Waals surface area contributed by atoms with Crippen molar-refractivity contribution >= 4 is 21.7 Å². The lowest BCUT2D eigenvalue weighted by Gasteiger charge is -2.20. The van der Waals surface area contributed by atoms with E-state index >= 15 is 0 Å². The molecule has 0 bridgehead atoms. The topological polar surface area (TPSA) is 25.4 Å². The van der Waals surface area contributed by atoms with Crippen LogP contribution in [0.5, 0.6) is 5.75 Å². The Morgan fingerprint density at radius 3 is 3.18 bits per heavy atom. The van der Waals surface area contributed by atoms with Gasteiger partial charge in [-0.15, -0.1) is 0 Å². The van der Waals surface area contributed by atoms with Gasteiger partial charge in [0.15, 0.2) is 11.6 Å². The molecule has 4 heteroatoms. The van der Waals surface area contributed by atoms with Crippen molar-refractivity contribution in [3.63, 3.8) is 0 Å². The fourth-order valence-electron chi connectivity index (χ4n) is 2.10. The summed E-state index contributed by atoms with van der Waals surface area (Å²) in [5, 5.41) is 1.07. The highest BCUT2D eigenvalue weighted by atomic mass is 79.9. The van der Waals surface area contributed by atoms with Crippen LogP contribution in [0.3, 0.4) is 0 Å². The Labute approximate surface area is 111 Å². The molecular formula is C13H19BrN2O. The maximum absolute atomic E-state index is 5.75. The number of hydrogen-bond donors (Lipinski definition) is 0. The molecule has 3 nitrogen and oxygen atoms in total. The maximum atomic E-state index is 5.75. The minimum absolute atomic E-state index is 0.732. The molecule has 1 saturated heterocycles. The first-order valence-electron chi connectivity index (χ1n) is 6.24. The van der Waals surface area contributed by atoms with Gasteiger partial charge in [-0.25, -0.2) is 4.98 Å². The Morgan fingerprint density at radius 1 is 1.59 bits per heavy atom. The second kappa shape index (κ2) is 6.24. The molecule has 0 aromatic carbocycles. The van der Waals surface area contributed by atoms with Gasteiger partial charge in [-0.1, -0.05) is 22.9 Å². The van der Waals surface area contributed by atoms with E-state index in [0.717, 1.165) is 48.9 Å². The number of aromatic nitrogens is 1. The lowest BCUT2D eigenvalue weighted by molar-refractivity contribution is 0.316. The minimum Gasteiger partial charge on any atom is -0.490 e. The first-order chi connectivity index (χ1) is 8.35. The van der Waals surface area contributed by atoms with E-state index in [9.17, 15) is 0 Å². The van der Waals surface area contributed by atoms with Gasteiger partial charge in [0.1, 0.15) is 0 Å². The van der Waals surface area contributed by atoms with E-state index in [2.05, 4.69) is 32.7 Å². The number of ether oxygens (including phenoxy) is 1. The van der Waals surface area contributed by atoms with Gasteiger partial charge >= 0.3 is 0 Å². The van der Waals surface area contributed by atoms with Crippen molar-refractivity contribution in [1.82, 2.24) is 4.98 Å². The standard InChI is InChI=1S/C13H19BrN2O/c1-2-8-17-12-4-3-6-15-13(12)16-7-5-11(9-14)10-16/h3-4,6,11H,2,5,7-10H2,1H3. The Hall–Kier alpha value is -0.770. The average molecular weight is 299 g/mol. The Morgan fingerprint density at radius 2 is 2.47 bits per heavy atom. The number of nitrogens with zero attached hydrogens (tertiary/aromatic N) is 2. The first-order valence-corrected chi connectivity index (χ1v) is 7.36. The third-order valence-electron chi connectivity index (χ3n) is 3.02. The summed E-state index contributed by atoms with van der Waals surface area (Å²) in [6, 6.07) is 3.95. The molecule has 2 heterocycles. The van der Waals surface area contributed by atoms with Gasteiger partial charge in [-0.2, -0.15) is 0 Å². The molecule has 1 unspecified atom stereocenters. The molecule has 0 radical (unpaired) electrons. The van der Waals surface area contributed by atoms with E-state index in [0.29, 0.717) is 0 Å². The monoisotopic (exact) mass is 298 g/mol. The fraction of sp³-hybridized carbons (Fsp3) is 0.615. The quantitative estimate of drug-likeness (QED) is 0.781. The van der Waals surface area contributed by atoms with Gasteiger partial charge in [-0.05, 0) is 30.9 Å². The number of alkyl halides is 1. The van der Waals surface area contributed by atoms with Gasteiger partial charge in [0, 0.05) is 24.6 Å². The fourth-order valence-corrected chi connectivity index (χ4v) is 2.62. The van der Waals surface area contributed by atoms with Gasteiger partial charge < -0.3 is 9.64 Å². The van der Waals surface area contributed by atoms with Crippen molar-refractivity contribution < 1.29 is 4.74 Å². The third kappa shape index (κ3) is 3.12. The summed E-state index contributed by atoms with van der Waals surface area (Å²) in [5.74, 6) is 2.66. The lowest BCUT2D eigenvalue weighted by atomic mass is 10.2. The summed E-state index contributed by atoms with van der Waals surface area (Å²) >= 11 is 3.56. The van der Waals surface area contributed by atoms with Crippen LogP contribution >= 0.6 is 15.9 Å². The summed E-state index contributed by atoms with van der Waals surface area (Å²) in [5.41, 5.74) is 0. The summed E-state index contributed by atoms with van der Waals surface area (Å²) < 4.78 is 5.75. The van der Waals surface area contributed by atoms with Crippen molar-refractivity contribution in [1.29, 1.82) is 0 Å². The molecule has 0 amide bonds. The molecule has 2 rings (SSSR count). The second-order valence-corrected chi connectivity index (χ2v) is 5.08. The number of rotatable bonds is 5. The van der Waals surface area contributed by atoms with Gasteiger partial charge in [0.2, 0.25) is 0 Å². The van der Waals surface area contributed by atoms with Crippen molar-refractivity contribution in [2.45, 2.75) is 19.8 Å². The van der Waals surface area contributed by atoms with Gasteiger partial charge in [-0.3, -0.25) is 0 Å².